The Labute approximate surface area is 162 Å². The van der Waals surface area contributed by atoms with Gasteiger partial charge in [-0.15, -0.1) is 11.8 Å². The minimum absolute atomic E-state index is 0.231. The average Bonchev–Trinajstić information content (AvgIpc) is 3.06. The minimum atomic E-state index is -3.31. The van der Waals surface area contributed by atoms with Crippen LogP contribution in [0, 0.1) is 5.82 Å². The SMILES string of the molecule is CS(=O)(=O)N1CCc2cc(C(=O)N[C@@H]3CCSc4c(F)cccc43)ccc21. The van der Waals surface area contributed by atoms with Gasteiger partial charge in [-0.1, -0.05) is 12.1 Å². The van der Waals surface area contributed by atoms with Crippen molar-refractivity contribution in [3.63, 3.8) is 0 Å². The van der Waals surface area contributed by atoms with Gasteiger partial charge in [0, 0.05) is 22.8 Å². The lowest BCUT2D eigenvalue weighted by molar-refractivity contribution is 0.0934. The van der Waals surface area contributed by atoms with Crippen LogP contribution in [-0.2, 0) is 16.4 Å². The predicted octanol–water partition coefficient (Wildman–Crippen LogP) is 3.11. The average molecular weight is 407 g/mol. The third-order valence-electron chi connectivity index (χ3n) is 4.93. The van der Waals surface area contributed by atoms with Crippen molar-refractivity contribution in [3.05, 3.63) is 58.9 Å². The second-order valence-electron chi connectivity index (χ2n) is 6.75. The van der Waals surface area contributed by atoms with Crippen molar-refractivity contribution >= 4 is 33.4 Å². The molecular formula is C19H19FN2O3S2. The Hall–Kier alpha value is -2.06. The summed E-state index contributed by atoms with van der Waals surface area (Å²) in [5.41, 5.74) is 2.78. The molecule has 0 bridgehead atoms. The zero-order valence-electron chi connectivity index (χ0n) is 14.7. The molecule has 0 saturated carbocycles. The number of sulfonamides is 1. The molecule has 5 nitrogen and oxygen atoms in total. The number of hydrogen-bond acceptors (Lipinski definition) is 4. The molecule has 2 aliphatic heterocycles. The number of amides is 1. The normalized spacial score (nSPS) is 18.7. The van der Waals surface area contributed by atoms with Gasteiger partial charge < -0.3 is 5.32 Å². The van der Waals surface area contributed by atoms with Crippen molar-refractivity contribution < 1.29 is 17.6 Å². The maximum atomic E-state index is 14.0. The Morgan fingerprint density at radius 2 is 2.11 bits per heavy atom. The van der Waals surface area contributed by atoms with E-state index in [4.69, 9.17) is 0 Å². The summed E-state index contributed by atoms with van der Waals surface area (Å²) >= 11 is 1.47. The summed E-state index contributed by atoms with van der Waals surface area (Å²) in [6.07, 6.45) is 2.50. The molecule has 2 aromatic carbocycles. The van der Waals surface area contributed by atoms with Gasteiger partial charge >= 0.3 is 0 Å². The Bertz CT molecular complexity index is 1020. The highest BCUT2D eigenvalue weighted by Crippen LogP contribution is 2.38. The Kier molecular flexibility index (Phi) is 4.63. The van der Waals surface area contributed by atoms with E-state index in [1.54, 1.807) is 24.3 Å². The van der Waals surface area contributed by atoms with Gasteiger partial charge in [0.2, 0.25) is 10.0 Å². The standard InChI is InChI=1S/C19H19FN2O3S2/c1-27(24,25)22-9-7-12-11-13(5-6-17(12)22)19(23)21-16-8-10-26-18-14(16)3-2-4-15(18)20/h2-6,11,16H,7-10H2,1H3,(H,21,23)/t16-/m1/s1. The lowest BCUT2D eigenvalue weighted by Gasteiger charge is -2.26. The van der Waals surface area contributed by atoms with Crippen molar-refractivity contribution in [2.24, 2.45) is 0 Å². The summed E-state index contributed by atoms with van der Waals surface area (Å²) in [6, 6.07) is 9.79. The van der Waals surface area contributed by atoms with Crippen molar-refractivity contribution in [1.82, 2.24) is 5.32 Å². The van der Waals surface area contributed by atoms with E-state index < -0.39 is 10.0 Å². The summed E-state index contributed by atoms with van der Waals surface area (Å²) in [4.78, 5) is 13.3. The number of nitrogens with zero attached hydrogens (tertiary/aromatic N) is 1. The number of hydrogen-bond donors (Lipinski definition) is 1. The first-order valence-electron chi connectivity index (χ1n) is 8.67. The number of halogens is 1. The smallest absolute Gasteiger partial charge is 0.251 e. The third-order valence-corrected chi connectivity index (χ3v) is 7.27. The quantitative estimate of drug-likeness (QED) is 0.851. The molecule has 0 aliphatic carbocycles. The molecule has 4 rings (SSSR count). The molecule has 0 unspecified atom stereocenters. The Morgan fingerprint density at radius 3 is 2.89 bits per heavy atom. The van der Waals surface area contributed by atoms with Gasteiger partial charge in [0.05, 0.1) is 18.0 Å². The molecule has 2 heterocycles. The van der Waals surface area contributed by atoms with E-state index in [-0.39, 0.29) is 17.8 Å². The first kappa shape index (κ1) is 18.3. The molecule has 2 aromatic rings. The van der Waals surface area contributed by atoms with Crippen LogP contribution in [0.25, 0.3) is 0 Å². The molecule has 0 fully saturated rings. The van der Waals surface area contributed by atoms with Crippen LogP contribution in [0.5, 0.6) is 0 Å². The van der Waals surface area contributed by atoms with Crippen LogP contribution in [-0.4, -0.2) is 32.9 Å². The number of carbonyl (C=O) groups excluding carboxylic acids is 1. The largest absolute Gasteiger partial charge is 0.345 e. The fourth-order valence-electron chi connectivity index (χ4n) is 3.64. The summed E-state index contributed by atoms with van der Waals surface area (Å²) < 4.78 is 39.0. The molecule has 1 N–H and O–H groups in total. The van der Waals surface area contributed by atoms with Gasteiger partial charge in [-0.3, -0.25) is 9.10 Å². The number of carbonyl (C=O) groups is 1. The Morgan fingerprint density at radius 1 is 1.30 bits per heavy atom. The van der Waals surface area contributed by atoms with Crippen LogP contribution >= 0.6 is 11.8 Å². The molecule has 0 spiro atoms. The highest BCUT2D eigenvalue weighted by atomic mass is 32.2. The maximum absolute atomic E-state index is 14.0. The highest BCUT2D eigenvalue weighted by molar-refractivity contribution is 7.99. The van der Waals surface area contributed by atoms with E-state index in [1.807, 2.05) is 6.07 Å². The van der Waals surface area contributed by atoms with Gasteiger partial charge in [0.15, 0.2) is 0 Å². The molecule has 2 aliphatic rings. The minimum Gasteiger partial charge on any atom is -0.345 e. The second-order valence-corrected chi connectivity index (χ2v) is 9.76. The molecule has 0 saturated heterocycles. The molecule has 1 atom stereocenters. The molecule has 27 heavy (non-hydrogen) atoms. The zero-order valence-corrected chi connectivity index (χ0v) is 16.4. The molecule has 0 radical (unpaired) electrons. The first-order valence-corrected chi connectivity index (χ1v) is 11.5. The lowest BCUT2D eigenvalue weighted by atomic mass is 10.0. The zero-order chi connectivity index (χ0) is 19.2. The third kappa shape index (κ3) is 3.43. The van der Waals surface area contributed by atoms with Crippen molar-refractivity contribution in [2.45, 2.75) is 23.8 Å². The van der Waals surface area contributed by atoms with Crippen molar-refractivity contribution in [2.75, 3.05) is 22.9 Å². The van der Waals surface area contributed by atoms with E-state index in [0.717, 1.165) is 23.3 Å². The fourth-order valence-corrected chi connectivity index (χ4v) is 5.73. The van der Waals surface area contributed by atoms with E-state index >= 15 is 0 Å². The van der Waals surface area contributed by atoms with Crippen molar-refractivity contribution in [3.8, 4) is 0 Å². The number of anilines is 1. The van der Waals surface area contributed by atoms with E-state index in [9.17, 15) is 17.6 Å². The summed E-state index contributed by atoms with van der Waals surface area (Å²) in [7, 11) is -3.31. The Balaban J connectivity index is 1.57. The van der Waals surface area contributed by atoms with Crippen LogP contribution in [0.4, 0.5) is 10.1 Å². The van der Waals surface area contributed by atoms with Gasteiger partial charge in [-0.25, -0.2) is 12.8 Å². The number of thioether (sulfide) groups is 1. The highest BCUT2D eigenvalue weighted by Gasteiger charge is 2.28. The summed E-state index contributed by atoms with van der Waals surface area (Å²) in [5, 5.41) is 3.00. The van der Waals surface area contributed by atoms with Crippen molar-refractivity contribution in [1.29, 1.82) is 0 Å². The molecule has 1 amide bonds. The van der Waals surface area contributed by atoms with E-state index in [1.165, 1.54) is 28.4 Å². The molecule has 0 aromatic heterocycles. The second kappa shape index (κ2) is 6.83. The number of benzene rings is 2. The lowest BCUT2D eigenvalue weighted by Crippen LogP contribution is -2.31. The fraction of sp³-hybridized carbons (Fsp3) is 0.316. The van der Waals surface area contributed by atoms with Crippen LogP contribution in [0.2, 0.25) is 0 Å². The van der Waals surface area contributed by atoms with Gasteiger partial charge in [-0.2, -0.15) is 0 Å². The number of fused-ring (bicyclic) bond motifs is 2. The van der Waals surface area contributed by atoms with Crippen LogP contribution in [0.1, 0.15) is 33.9 Å². The van der Waals surface area contributed by atoms with Crippen LogP contribution in [0.3, 0.4) is 0 Å². The topological polar surface area (TPSA) is 66.5 Å². The molecule has 8 heteroatoms. The van der Waals surface area contributed by atoms with Crippen LogP contribution in [0.15, 0.2) is 41.3 Å². The van der Waals surface area contributed by atoms with Gasteiger partial charge in [0.25, 0.3) is 5.91 Å². The van der Waals surface area contributed by atoms with Gasteiger partial charge in [-0.05, 0) is 48.2 Å². The van der Waals surface area contributed by atoms with E-state index in [0.29, 0.717) is 29.1 Å². The monoisotopic (exact) mass is 406 g/mol. The van der Waals surface area contributed by atoms with Gasteiger partial charge in [0.1, 0.15) is 5.82 Å². The predicted molar refractivity (Wildman–Crippen MR) is 104 cm³/mol. The van der Waals surface area contributed by atoms with E-state index in [2.05, 4.69) is 5.32 Å². The van der Waals surface area contributed by atoms with Crippen LogP contribution < -0.4 is 9.62 Å². The first-order chi connectivity index (χ1) is 12.8. The molecular weight excluding hydrogens is 387 g/mol. The summed E-state index contributed by atoms with van der Waals surface area (Å²) in [6.45, 7) is 0.395. The summed E-state index contributed by atoms with van der Waals surface area (Å²) in [5.74, 6) is 0.254. The maximum Gasteiger partial charge on any atom is 0.251 e. The number of nitrogens with one attached hydrogen (secondary N) is 1. The number of rotatable bonds is 3. The molecule has 142 valence electrons.